The van der Waals surface area contributed by atoms with Gasteiger partial charge in [0, 0.05) is 38.4 Å². The minimum Gasteiger partial charge on any atom is -0.455 e. The van der Waals surface area contributed by atoms with E-state index >= 15 is 0 Å². The predicted molar refractivity (Wildman–Crippen MR) is 246 cm³/mol. The van der Waals surface area contributed by atoms with Crippen LogP contribution in [0.15, 0.2) is 211 Å². The van der Waals surface area contributed by atoms with Gasteiger partial charge >= 0.3 is 0 Å². The molecule has 3 heterocycles. The largest absolute Gasteiger partial charge is 0.455 e. The van der Waals surface area contributed by atoms with Gasteiger partial charge in [-0.15, -0.1) is 0 Å². The molecule has 0 bridgehead atoms. The molecule has 9 aromatic carbocycles. The SMILES string of the molecule is c1ccc(-c2ccc(-c3nc(-c4cccc(-c5ccccc5)c4)nc(-c4cc(-n5c6ccccc6c6cc7ccccc7cc65)cc5c4oc4ccccc45)n3)cc2)cc1. The van der Waals surface area contributed by atoms with E-state index in [1.54, 1.807) is 0 Å². The average molecular weight is 767 g/mol. The second kappa shape index (κ2) is 13.8. The Bertz CT molecular complexity index is 3590. The van der Waals surface area contributed by atoms with Crippen molar-refractivity contribution in [2.75, 3.05) is 0 Å². The van der Waals surface area contributed by atoms with Crippen LogP contribution in [0.1, 0.15) is 0 Å². The third-order valence-electron chi connectivity index (χ3n) is 11.6. The van der Waals surface area contributed by atoms with E-state index in [-0.39, 0.29) is 0 Å². The van der Waals surface area contributed by atoms with Crippen molar-refractivity contribution >= 4 is 54.5 Å². The van der Waals surface area contributed by atoms with Crippen LogP contribution >= 0.6 is 0 Å². The third-order valence-corrected chi connectivity index (χ3v) is 11.6. The molecule has 0 radical (unpaired) electrons. The summed E-state index contributed by atoms with van der Waals surface area (Å²) in [6, 6.07) is 72.2. The molecule has 0 aliphatic carbocycles. The lowest BCUT2D eigenvalue weighted by atomic mass is 10.0. The predicted octanol–water partition coefficient (Wildman–Crippen LogP) is 14.4. The van der Waals surface area contributed by atoms with Gasteiger partial charge in [-0.1, -0.05) is 164 Å². The van der Waals surface area contributed by atoms with Crippen LogP contribution in [0.2, 0.25) is 0 Å². The molecule has 3 aromatic heterocycles. The number of para-hydroxylation sites is 2. The van der Waals surface area contributed by atoms with E-state index in [1.807, 2.05) is 24.3 Å². The summed E-state index contributed by atoms with van der Waals surface area (Å²) >= 11 is 0. The number of hydrogen-bond donors (Lipinski definition) is 0. The Morgan fingerprint density at radius 1 is 0.333 bits per heavy atom. The first-order valence-corrected chi connectivity index (χ1v) is 20.2. The van der Waals surface area contributed by atoms with Gasteiger partial charge in [0.2, 0.25) is 0 Å². The van der Waals surface area contributed by atoms with Crippen molar-refractivity contribution in [2.24, 2.45) is 0 Å². The summed E-state index contributed by atoms with van der Waals surface area (Å²) in [5.74, 6) is 1.69. The molecule has 0 unspecified atom stereocenters. The Labute approximate surface area is 345 Å². The zero-order chi connectivity index (χ0) is 39.6. The Morgan fingerprint density at radius 3 is 1.68 bits per heavy atom. The normalized spacial score (nSPS) is 11.7. The van der Waals surface area contributed by atoms with Crippen LogP contribution in [0.5, 0.6) is 0 Å². The highest BCUT2D eigenvalue weighted by Gasteiger charge is 2.22. The number of nitrogens with zero attached hydrogens (tertiary/aromatic N) is 4. The zero-order valence-electron chi connectivity index (χ0n) is 32.3. The van der Waals surface area contributed by atoms with Crippen LogP contribution in [-0.2, 0) is 0 Å². The summed E-state index contributed by atoms with van der Waals surface area (Å²) in [4.78, 5) is 15.8. The number of benzene rings is 9. The Balaban J connectivity index is 1.13. The van der Waals surface area contributed by atoms with Crippen LogP contribution in [0, 0.1) is 0 Å². The van der Waals surface area contributed by atoms with Crippen molar-refractivity contribution < 1.29 is 4.42 Å². The van der Waals surface area contributed by atoms with Crippen LogP contribution < -0.4 is 0 Å². The van der Waals surface area contributed by atoms with E-state index in [9.17, 15) is 0 Å². The standard InChI is InChI=1S/C55H34N4O/c1-3-14-35(15-4-1)37-26-28-38(29-27-37)53-56-54(42-21-13-20-39(30-42)36-16-5-2-6-17-36)58-55(57-53)48-34-43(33-47-45-23-10-12-25-51(45)60-52(47)48)59-49-24-11-9-22-44(49)46-31-40-18-7-8-19-41(40)32-50(46)59/h1-34H. The summed E-state index contributed by atoms with van der Waals surface area (Å²) in [6.45, 7) is 0. The van der Waals surface area contributed by atoms with Crippen molar-refractivity contribution in [3.05, 3.63) is 206 Å². The van der Waals surface area contributed by atoms with Crippen LogP contribution in [0.25, 0.3) is 117 Å². The van der Waals surface area contributed by atoms with Gasteiger partial charge in [0.25, 0.3) is 0 Å². The van der Waals surface area contributed by atoms with Gasteiger partial charge in [-0.2, -0.15) is 0 Å². The van der Waals surface area contributed by atoms with Gasteiger partial charge in [0.15, 0.2) is 17.5 Å². The van der Waals surface area contributed by atoms with Crippen molar-refractivity contribution in [3.63, 3.8) is 0 Å². The first-order valence-electron chi connectivity index (χ1n) is 20.2. The van der Waals surface area contributed by atoms with E-state index in [0.29, 0.717) is 17.5 Å². The van der Waals surface area contributed by atoms with Gasteiger partial charge in [0.1, 0.15) is 11.2 Å². The van der Waals surface area contributed by atoms with E-state index in [4.69, 9.17) is 19.4 Å². The Morgan fingerprint density at radius 2 is 0.900 bits per heavy atom. The average Bonchev–Trinajstić information content (AvgIpc) is 3.86. The fraction of sp³-hybridized carbons (Fsp3) is 0. The molecule has 0 fully saturated rings. The van der Waals surface area contributed by atoms with Crippen LogP contribution in [-0.4, -0.2) is 19.5 Å². The van der Waals surface area contributed by atoms with Crippen molar-refractivity contribution in [2.45, 2.75) is 0 Å². The number of furan rings is 1. The summed E-state index contributed by atoms with van der Waals surface area (Å²) in [7, 11) is 0. The molecule has 0 saturated carbocycles. The number of fused-ring (bicyclic) bond motifs is 7. The molecule has 0 saturated heterocycles. The lowest BCUT2D eigenvalue weighted by Crippen LogP contribution is -2.02. The third kappa shape index (κ3) is 5.67. The molecule has 5 heteroatoms. The topological polar surface area (TPSA) is 56.7 Å². The summed E-state index contributed by atoms with van der Waals surface area (Å²) in [5.41, 5.74) is 11.8. The molecule has 60 heavy (non-hydrogen) atoms. The Kier molecular flexibility index (Phi) is 7.78. The molecule has 0 spiro atoms. The lowest BCUT2D eigenvalue weighted by Gasteiger charge is -2.13. The molecule has 0 amide bonds. The molecule has 0 N–H and O–H groups in total. The van der Waals surface area contributed by atoms with Gasteiger partial charge in [0.05, 0.1) is 16.6 Å². The van der Waals surface area contributed by atoms with Crippen molar-refractivity contribution in [1.82, 2.24) is 19.5 Å². The fourth-order valence-electron chi connectivity index (χ4n) is 8.71. The Hall–Kier alpha value is -8.15. The maximum absolute atomic E-state index is 6.77. The summed E-state index contributed by atoms with van der Waals surface area (Å²) in [6.07, 6.45) is 0. The minimum absolute atomic E-state index is 0.532. The van der Waals surface area contributed by atoms with Gasteiger partial charge in [-0.25, -0.2) is 15.0 Å². The molecular formula is C55H34N4O. The van der Waals surface area contributed by atoms with E-state index < -0.39 is 0 Å². The second-order valence-corrected chi connectivity index (χ2v) is 15.2. The molecule has 0 aliphatic heterocycles. The van der Waals surface area contributed by atoms with Crippen LogP contribution in [0.3, 0.4) is 0 Å². The van der Waals surface area contributed by atoms with Crippen LogP contribution in [0.4, 0.5) is 0 Å². The molecule has 0 atom stereocenters. The summed E-state index contributed by atoms with van der Waals surface area (Å²) < 4.78 is 9.14. The smallest absolute Gasteiger partial charge is 0.167 e. The number of hydrogen-bond acceptors (Lipinski definition) is 4. The van der Waals surface area contributed by atoms with E-state index in [2.05, 4.69) is 187 Å². The van der Waals surface area contributed by atoms with Crippen molar-refractivity contribution in [3.8, 4) is 62.1 Å². The molecule has 0 aliphatic rings. The second-order valence-electron chi connectivity index (χ2n) is 15.2. The first-order chi connectivity index (χ1) is 29.7. The lowest BCUT2D eigenvalue weighted by molar-refractivity contribution is 0.669. The molecule has 280 valence electrons. The highest BCUT2D eigenvalue weighted by molar-refractivity contribution is 6.15. The van der Waals surface area contributed by atoms with E-state index in [1.165, 1.54) is 21.5 Å². The van der Waals surface area contributed by atoms with Gasteiger partial charge < -0.3 is 8.98 Å². The molecule has 12 aromatic rings. The molecule has 12 rings (SSSR count). The monoisotopic (exact) mass is 766 g/mol. The quantitative estimate of drug-likeness (QED) is 0.169. The van der Waals surface area contributed by atoms with Gasteiger partial charge in [-0.3, -0.25) is 0 Å². The first kappa shape index (κ1) is 33.9. The van der Waals surface area contributed by atoms with E-state index in [0.717, 1.165) is 77.6 Å². The number of aromatic nitrogens is 4. The highest BCUT2D eigenvalue weighted by Crippen LogP contribution is 2.41. The maximum atomic E-state index is 6.77. The molecular weight excluding hydrogens is 733 g/mol. The van der Waals surface area contributed by atoms with Crippen molar-refractivity contribution in [1.29, 1.82) is 0 Å². The highest BCUT2D eigenvalue weighted by atomic mass is 16.3. The zero-order valence-corrected chi connectivity index (χ0v) is 32.3. The minimum atomic E-state index is 0.532. The van der Waals surface area contributed by atoms with Gasteiger partial charge in [-0.05, 0) is 75.5 Å². The number of rotatable bonds is 6. The molecule has 5 nitrogen and oxygen atoms in total. The maximum Gasteiger partial charge on any atom is 0.167 e. The fourth-order valence-corrected chi connectivity index (χ4v) is 8.71. The summed E-state index contributed by atoms with van der Waals surface area (Å²) in [5, 5.41) is 6.81.